The fraction of sp³-hybridized carbons (Fsp3) is 0.833. The maximum Gasteiger partial charge on any atom is 0.460 e. The second-order valence-corrected chi connectivity index (χ2v) is 3.08. The van der Waals surface area contributed by atoms with Crippen molar-refractivity contribution in [2.75, 3.05) is 0 Å². The predicted molar refractivity (Wildman–Crippen MR) is 32.0 cm³/mol. The molecule has 0 aromatic carbocycles. The van der Waals surface area contributed by atoms with Crippen LogP contribution < -0.4 is 0 Å². The molecule has 0 saturated carbocycles. The molecule has 0 aromatic heterocycles. The van der Waals surface area contributed by atoms with Crippen molar-refractivity contribution >= 4 is 6.04 Å². The van der Waals surface area contributed by atoms with Gasteiger partial charge in [-0.05, 0) is 0 Å². The van der Waals surface area contributed by atoms with Crippen LogP contribution in [0.4, 0.5) is 52.7 Å². The van der Waals surface area contributed by atoms with Crippen molar-refractivity contribution in [3.8, 4) is 0 Å². The lowest BCUT2D eigenvalue weighted by Crippen LogP contribution is -2.69. The summed E-state index contributed by atoms with van der Waals surface area (Å²) in [5, 5.41) is 0. The van der Waals surface area contributed by atoms with Crippen LogP contribution in [0.25, 0.3) is 0 Å². The van der Waals surface area contributed by atoms with Crippen LogP contribution in [0.15, 0.2) is 0 Å². The van der Waals surface area contributed by atoms with Gasteiger partial charge in [-0.3, -0.25) is 4.79 Å². The van der Waals surface area contributed by atoms with Gasteiger partial charge in [0.05, 0.1) is 0 Å². The largest absolute Gasteiger partial charge is 0.460 e. The lowest BCUT2D eigenvalue weighted by Gasteiger charge is -2.36. The highest BCUT2D eigenvalue weighted by Gasteiger charge is 2.89. The molecule has 0 aliphatic heterocycles. The van der Waals surface area contributed by atoms with Gasteiger partial charge in [-0.1, -0.05) is 0 Å². The Balaban J connectivity index is 6.21. The Hall–Kier alpha value is -1.17. The van der Waals surface area contributed by atoms with E-state index in [4.69, 9.17) is 0 Å². The number of hydrogen-bond acceptors (Lipinski definition) is 1. The molecule has 0 bridgehead atoms. The molecule has 13 heteroatoms. The summed E-state index contributed by atoms with van der Waals surface area (Å²) in [6.07, 6.45) is -14.7. The number of carbonyl (C=O) groups is 1. The van der Waals surface area contributed by atoms with Crippen LogP contribution in [0.1, 0.15) is 0 Å². The summed E-state index contributed by atoms with van der Waals surface area (Å²) in [5.74, 6) is -15.4. The highest BCUT2D eigenvalue weighted by Crippen LogP contribution is 2.57. The summed E-state index contributed by atoms with van der Waals surface area (Å²) in [6, 6.07) is -4.73. The average molecular weight is 316 g/mol. The maximum atomic E-state index is 12.6. The van der Waals surface area contributed by atoms with Crippen LogP contribution in [-0.4, -0.2) is 35.9 Å². The molecule has 0 aromatic rings. The number of hydrogen-bond donors (Lipinski definition) is 0. The normalized spacial score (nSPS) is 18.1. The van der Waals surface area contributed by atoms with Gasteiger partial charge in [0, 0.05) is 0 Å². The predicted octanol–water partition coefficient (Wildman–Crippen LogP) is 3.59. The summed E-state index contributed by atoms with van der Waals surface area (Å²) in [6.45, 7) is 0. The molecule has 0 aliphatic carbocycles. The first-order valence-electron chi connectivity index (χ1n) is 3.72. The Morgan fingerprint density at radius 1 is 0.579 bits per heavy atom. The highest BCUT2D eigenvalue weighted by molar-refractivity contribution is 5.81. The van der Waals surface area contributed by atoms with Crippen molar-refractivity contribution in [1.82, 2.24) is 0 Å². The average Bonchev–Trinajstić information content (AvgIpc) is 2.11. The van der Waals surface area contributed by atoms with E-state index in [1.165, 1.54) is 0 Å². The Morgan fingerprint density at radius 3 is 1.05 bits per heavy atom. The van der Waals surface area contributed by atoms with Gasteiger partial charge in [0.25, 0.3) is 0 Å². The zero-order chi connectivity index (χ0) is 16.1. The molecule has 0 heterocycles. The molecule has 114 valence electrons. The Labute approximate surface area is 94.7 Å². The molecule has 0 radical (unpaired) electrons. The second-order valence-electron chi connectivity index (χ2n) is 3.08. The summed E-state index contributed by atoms with van der Waals surface area (Å²) in [7, 11) is 0. The van der Waals surface area contributed by atoms with E-state index >= 15 is 0 Å². The SMILES string of the molecule is O=C(F)C(F)(C(F)(F)F)C(F)(F)C(F)(F)C(F)(F)F. The number of alkyl halides is 11. The third kappa shape index (κ3) is 2.22. The Kier molecular flexibility index (Phi) is 3.91. The molecule has 0 amide bonds. The minimum Gasteiger partial charge on any atom is -0.257 e. The molecule has 0 N–H and O–H groups in total. The fourth-order valence-corrected chi connectivity index (χ4v) is 0.807. The van der Waals surface area contributed by atoms with E-state index in [0.29, 0.717) is 0 Å². The van der Waals surface area contributed by atoms with Gasteiger partial charge in [-0.15, -0.1) is 0 Å². The van der Waals surface area contributed by atoms with E-state index in [1.54, 1.807) is 0 Å². The van der Waals surface area contributed by atoms with Crippen molar-refractivity contribution < 1.29 is 57.5 Å². The maximum absolute atomic E-state index is 12.6. The molecule has 1 unspecified atom stereocenters. The van der Waals surface area contributed by atoms with E-state index in [1.807, 2.05) is 0 Å². The van der Waals surface area contributed by atoms with Gasteiger partial charge in [-0.2, -0.15) is 48.3 Å². The number of halogens is 12. The first-order chi connectivity index (χ1) is 7.94. The van der Waals surface area contributed by atoms with E-state index in [2.05, 4.69) is 0 Å². The van der Waals surface area contributed by atoms with Gasteiger partial charge in [0.2, 0.25) is 0 Å². The van der Waals surface area contributed by atoms with Crippen LogP contribution in [0.3, 0.4) is 0 Å². The van der Waals surface area contributed by atoms with Gasteiger partial charge in [0.15, 0.2) is 0 Å². The standard InChI is InChI=1S/C6F12O/c7-1(19)2(8,5(13,14)15)3(9,10)4(11,12)6(16,17)18. The van der Waals surface area contributed by atoms with Gasteiger partial charge in [-0.25, -0.2) is 4.39 Å². The van der Waals surface area contributed by atoms with Crippen molar-refractivity contribution in [1.29, 1.82) is 0 Å². The molecular formula is C6F12O. The summed E-state index contributed by atoms with van der Waals surface area (Å²) in [4.78, 5) is 9.59. The topological polar surface area (TPSA) is 17.1 Å². The zero-order valence-corrected chi connectivity index (χ0v) is 7.94. The second kappa shape index (κ2) is 4.16. The third-order valence-electron chi connectivity index (χ3n) is 1.84. The first kappa shape index (κ1) is 17.8. The van der Waals surface area contributed by atoms with Crippen LogP contribution >= 0.6 is 0 Å². The minimum atomic E-state index is -7.73. The number of carbonyl (C=O) groups excluding carboxylic acids is 1. The van der Waals surface area contributed by atoms with Crippen molar-refractivity contribution in [2.24, 2.45) is 0 Å². The third-order valence-corrected chi connectivity index (χ3v) is 1.84. The lowest BCUT2D eigenvalue weighted by molar-refractivity contribution is -0.403. The Bertz CT molecular complexity index is 363. The van der Waals surface area contributed by atoms with Gasteiger partial charge in [0.1, 0.15) is 0 Å². The van der Waals surface area contributed by atoms with Crippen molar-refractivity contribution in [2.45, 2.75) is 29.9 Å². The molecule has 0 spiro atoms. The van der Waals surface area contributed by atoms with Crippen molar-refractivity contribution in [3.05, 3.63) is 0 Å². The van der Waals surface area contributed by atoms with E-state index in [-0.39, 0.29) is 0 Å². The Morgan fingerprint density at radius 2 is 0.895 bits per heavy atom. The minimum absolute atomic E-state index is 4.73. The monoisotopic (exact) mass is 316 g/mol. The molecule has 0 aliphatic rings. The van der Waals surface area contributed by atoms with Crippen molar-refractivity contribution in [3.63, 3.8) is 0 Å². The van der Waals surface area contributed by atoms with E-state index in [9.17, 15) is 57.5 Å². The quantitative estimate of drug-likeness (QED) is 0.574. The van der Waals surface area contributed by atoms with Crippen LogP contribution in [0.5, 0.6) is 0 Å². The zero-order valence-electron chi connectivity index (χ0n) is 7.94. The summed E-state index contributed by atoms with van der Waals surface area (Å²) < 4.78 is 143. The molecule has 19 heavy (non-hydrogen) atoms. The van der Waals surface area contributed by atoms with E-state index < -0.39 is 35.9 Å². The fourth-order valence-electron chi connectivity index (χ4n) is 0.807. The molecular weight excluding hydrogens is 316 g/mol. The first-order valence-corrected chi connectivity index (χ1v) is 3.72. The van der Waals surface area contributed by atoms with Gasteiger partial charge < -0.3 is 0 Å². The highest BCUT2D eigenvalue weighted by atomic mass is 19.4. The van der Waals surface area contributed by atoms with E-state index in [0.717, 1.165) is 0 Å². The van der Waals surface area contributed by atoms with Crippen LogP contribution in [-0.2, 0) is 4.79 Å². The van der Waals surface area contributed by atoms with Crippen LogP contribution in [0.2, 0.25) is 0 Å². The smallest absolute Gasteiger partial charge is 0.257 e. The summed E-state index contributed by atoms with van der Waals surface area (Å²) in [5.41, 5.74) is -7.33. The van der Waals surface area contributed by atoms with Gasteiger partial charge >= 0.3 is 35.9 Å². The summed E-state index contributed by atoms with van der Waals surface area (Å²) >= 11 is 0. The molecule has 1 atom stereocenters. The molecule has 0 fully saturated rings. The van der Waals surface area contributed by atoms with Crippen LogP contribution in [0, 0.1) is 0 Å². The molecule has 1 nitrogen and oxygen atoms in total. The number of rotatable bonds is 3. The molecule has 0 saturated heterocycles. The lowest BCUT2D eigenvalue weighted by atomic mass is 9.91. The molecule has 0 rings (SSSR count).